The van der Waals surface area contributed by atoms with Gasteiger partial charge in [-0.05, 0) is 39.2 Å². The number of benzene rings is 1. The van der Waals surface area contributed by atoms with E-state index in [0.29, 0.717) is 17.2 Å². The molecule has 7 nitrogen and oxygen atoms in total. The molecule has 0 radical (unpaired) electrons. The third kappa shape index (κ3) is 4.18. The summed E-state index contributed by atoms with van der Waals surface area (Å²) in [4.78, 5) is 24.6. The summed E-state index contributed by atoms with van der Waals surface area (Å²) in [6.07, 6.45) is 3.67. The van der Waals surface area contributed by atoms with Gasteiger partial charge >= 0.3 is 0 Å². The molecule has 0 aliphatic rings. The van der Waals surface area contributed by atoms with Gasteiger partial charge in [-0.15, -0.1) is 0 Å². The minimum Gasteiger partial charge on any atom is -0.309 e. The minimum absolute atomic E-state index is 0.0698. The van der Waals surface area contributed by atoms with Crippen molar-refractivity contribution in [2.75, 3.05) is 32.1 Å². The molecule has 3 aromatic rings. The predicted octanol–water partition coefficient (Wildman–Crippen LogP) is 2.01. The lowest BCUT2D eigenvalue weighted by molar-refractivity contribution is -0.119. The van der Waals surface area contributed by atoms with E-state index in [9.17, 15) is 9.18 Å². The molecule has 9 heteroatoms. The topological polar surface area (TPSA) is 67.2 Å². The molecule has 0 saturated carbocycles. The molecule has 25 heavy (non-hydrogen) atoms. The first-order valence-corrected chi connectivity index (χ1v) is 8.69. The van der Waals surface area contributed by atoms with E-state index in [2.05, 4.69) is 20.0 Å². The van der Waals surface area contributed by atoms with Crippen molar-refractivity contribution in [3.05, 3.63) is 36.7 Å². The standard InChI is InChI=1S/C16H19FN6OS/c1-21(2)7-4-8-23(14(24)9-22-11-18-10-19-22)16-20-15-12(17)5-3-6-13(15)25-16/h3,5-6,10-11H,4,7-9H2,1-2H3. The molecular formula is C16H19FN6OS. The highest BCUT2D eigenvalue weighted by Crippen LogP contribution is 2.30. The van der Waals surface area contributed by atoms with Crippen molar-refractivity contribution in [1.82, 2.24) is 24.6 Å². The van der Waals surface area contributed by atoms with Crippen LogP contribution in [0.15, 0.2) is 30.9 Å². The number of para-hydroxylation sites is 1. The first-order chi connectivity index (χ1) is 12.0. The second-order valence-corrected chi connectivity index (χ2v) is 6.89. The third-order valence-corrected chi connectivity index (χ3v) is 4.68. The molecule has 0 bridgehead atoms. The summed E-state index contributed by atoms with van der Waals surface area (Å²) < 4.78 is 16.1. The molecule has 1 aromatic carbocycles. The number of aromatic nitrogens is 4. The van der Waals surface area contributed by atoms with E-state index in [0.717, 1.165) is 17.7 Å². The van der Waals surface area contributed by atoms with Gasteiger partial charge in [-0.3, -0.25) is 9.69 Å². The van der Waals surface area contributed by atoms with E-state index in [1.165, 1.54) is 34.7 Å². The average molecular weight is 362 g/mol. The zero-order chi connectivity index (χ0) is 17.8. The van der Waals surface area contributed by atoms with E-state index < -0.39 is 0 Å². The first kappa shape index (κ1) is 17.4. The molecular weight excluding hydrogens is 343 g/mol. The quantitative estimate of drug-likeness (QED) is 0.643. The fourth-order valence-electron chi connectivity index (χ4n) is 2.43. The van der Waals surface area contributed by atoms with Crippen molar-refractivity contribution in [3.63, 3.8) is 0 Å². The number of halogens is 1. The van der Waals surface area contributed by atoms with Crippen LogP contribution in [0.4, 0.5) is 9.52 Å². The first-order valence-electron chi connectivity index (χ1n) is 7.87. The third-order valence-electron chi connectivity index (χ3n) is 3.64. The van der Waals surface area contributed by atoms with Gasteiger partial charge in [-0.1, -0.05) is 17.4 Å². The molecule has 132 valence electrons. The van der Waals surface area contributed by atoms with Crippen LogP contribution in [0.25, 0.3) is 10.2 Å². The highest BCUT2D eigenvalue weighted by molar-refractivity contribution is 7.22. The van der Waals surface area contributed by atoms with Crippen LogP contribution in [0.3, 0.4) is 0 Å². The van der Waals surface area contributed by atoms with E-state index >= 15 is 0 Å². The molecule has 0 spiro atoms. The van der Waals surface area contributed by atoms with Crippen LogP contribution >= 0.6 is 11.3 Å². The Labute approximate surface area is 148 Å². The van der Waals surface area contributed by atoms with Crippen molar-refractivity contribution in [2.24, 2.45) is 0 Å². The Morgan fingerprint density at radius 3 is 2.84 bits per heavy atom. The molecule has 0 N–H and O–H groups in total. The fourth-order valence-corrected chi connectivity index (χ4v) is 3.45. The summed E-state index contributed by atoms with van der Waals surface area (Å²) in [7, 11) is 3.96. The van der Waals surface area contributed by atoms with Gasteiger partial charge < -0.3 is 4.90 Å². The Hall–Kier alpha value is -2.39. The molecule has 2 heterocycles. The number of carbonyl (C=O) groups is 1. The van der Waals surface area contributed by atoms with Crippen LogP contribution in [0.2, 0.25) is 0 Å². The predicted molar refractivity (Wildman–Crippen MR) is 95.1 cm³/mol. The van der Waals surface area contributed by atoms with Crippen molar-refractivity contribution in [1.29, 1.82) is 0 Å². The van der Waals surface area contributed by atoms with Crippen LogP contribution in [0.1, 0.15) is 6.42 Å². The van der Waals surface area contributed by atoms with Crippen LogP contribution in [0.5, 0.6) is 0 Å². The Bertz CT molecular complexity index is 848. The second kappa shape index (κ2) is 7.66. The molecule has 0 saturated heterocycles. The van der Waals surface area contributed by atoms with Gasteiger partial charge in [0.2, 0.25) is 0 Å². The zero-order valence-electron chi connectivity index (χ0n) is 14.1. The summed E-state index contributed by atoms with van der Waals surface area (Å²) in [6, 6.07) is 4.83. The van der Waals surface area contributed by atoms with E-state index in [1.807, 2.05) is 14.1 Å². The highest BCUT2D eigenvalue weighted by Gasteiger charge is 2.21. The number of hydrogen-bond donors (Lipinski definition) is 0. The molecule has 3 rings (SSSR count). The largest absolute Gasteiger partial charge is 0.309 e. The van der Waals surface area contributed by atoms with Gasteiger partial charge in [0.1, 0.15) is 30.5 Å². The maximum Gasteiger partial charge on any atom is 0.250 e. The molecule has 0 fully saturated rings. The number of thiazole rings is 1. The number of anilines is 1. The summed E-state index contributed by atoms with van der Waals surface area (Å²) in [5.74, 6) is -0.527. The van der Waals surface area contributed by atoms with Crippen molar-refractivity contribution < 1.29 is 9.18 Å². The summed E-state index contributed by atoms with van der Waals surface area (Å²) in [5, 5.41) is 4.47. The van der Waals surface area contributed by atoms with Gasteiger partial charge in [-0.2, -0.15) is 5.10 Å². The maximum absolute atomic E-state index is 13.9. The van der Waals surface area contributed by atoms with Gasteiger partial charge in [0.15, 0.2) is 5.13 Å². The number of nitrogens with zero attached hydrogens (tertiary/aromatic N) is 6. The molecule has 1 amide bonds. The highest BCUT2D eigenvalue weighted by atomic mass is 32.1. The van der Waals surface area contributed by atoms with Gasteiger partial charge in [0, 0.05) is 6.54 Å². The van der Waals surface area contributed by atoms with Crippen molar-refractivity contribution in [3.8, 4) is 0 Å². The van der Waals surface area contributed by atoms with Crippen molar-refractivity contribution in [2.45, 2.75) is 13.0 Å². The molecule has 0 unspecified atom stereocenters. The zero-order valence-corrected chi connectivity index (χ0v) is 14.9. The summed E-state index contributed by atoms with van der Waals surface area (Å²) in [6.45, 7) is 1.42. The second-order valence-electron chi connectivity index (χ2n) is 5.88. The lowest BCUT2D eigenvalue weighted by atomic mass is 10.3. The van der Waals surface area contributed by atoms with Gasteiger partial charge in [-0.25, -0.2) is 19.0 Å². The van der Waals surface area contributed by atoms with E-state index in [-0.39, 0.29) is 18.3 Å². The van der Waals surface area contributed by atoms with Crippen molar-refractivity contribution >= 4 is 32.6 Å². The van der Waals surface area contributed by atoms with Crippen LogP contribution in [-0.2, 0) is 11.3 Å². The lowest BCUT2D eigenvalue weighted by Crippen LogP contribution is -2.36. The molecule has 2 aromatic heterocycles. The Kier molecular flexibility index (Phi) is 5.34. The van der Waals surface area contributed by atoms with E-state index in [4.69, 9.17) is 0 Å². The SMILES string of the molecule is CN(C)CCCN(C(=O)Cn1cncn1)c1nc2c(F)cccc2s1. The Morgan fingerprint density at radius 2 is 2.16 bits per heavy atom. The number of rotatable bonds is 7. The van der Waals surface area contributed by atoms with Gasteiger partial charge in [0.05, 0.1) is 4.70 Å². The number of amides is 1. The number of fused-ring (bicyclic) bond motifs is 1. The average Bonchev–Trinajstić information content (AvgIpc) is 3.21. The molecule has 0 atom stereocenters. The Balaban J connectivity index is 1.85. The fraction of sp³-hybridized carbons (Fsp3) is 0.375. The number of hydrogen-bond acceptors (Lipinski definition) is 6. The van der Waals surface area contributed by atoms with E-state index in [1.54, 1.807) is 17.0 Å². The van der Waals surface area contributed by atoms with Gasteiger partial charge in [0.25, 0.3) is 5.91 Å². The maximum atomic E-state index is 13.9. The smallest absolute Gasteiger partial charge is 0.250 e. The summed E-state index contributed by atoms with van der Waals surface area (Å²) >= 11 is 1.31. The summed E-state index contributed by atoms with van der Waals surface area (Å²) in [5.41, 5.74) is 0.300. The molecule has 0 aliphatic heterocycles. The Morgan fingerprint density at radius 1 is 1.32 bits per heavy atom. The lowest BCUT2D eigenvalue weighted by Gasteiger charge is -2.20. The normalized spacial score (nSPS) is 11.4. The minimum atomic E-state index is -0.378. The monoisotopic (exact) mass is 362 g/mol. The van der Waals surface area contributed by atoms with Crippen LogP contribution in [0, 0.1) is 5.82 Å². The van der Waals surface area contributed by atoms with Crippen LogP contribution < -0.4 is 4.90 Å². The molecule has 0 aliphatic carbocycles. The number of carbonyl (C=O) groups excluding carboxylic acids is 1. The van der Waals surface area contributed by atoms with Crippen LogP contribution in [-0.4, -0.2) is 57.7 Å².